The Morgan fingerprint density at radius 1 is 1.33 bits per heavy atom. The van der Waals surface area contributed by atoms with E-state index < -0.39 is 5.67 Å². The van der Waals surface area contributed by atoms with Gasteiger partial charge in [-0.15, -0.1) is 0 Å². The predicted octanol–water partition coefficient (Wildman–Crippen LogP) is 2.66. The maximum atomic E-state index is 13.7. The van der Waals surface area contributed by atoms with Gasteiger partial charge in [0.05, 0.1) is 0 Å². The van der Waals surface area contributed by atoms with E-state index >= 15 is 0 Å². The van der Waals surface area contributed by atoms with Gasteiger partial charge in [0.1, 0.15) is 5.67 Å². The van der Waals surface area contributed by atoms with Crippen LogP contribution in [0.25, 0.3) is 0 Å². The Labute approximate surface area is 74.7 Å². The first-order valence-electron chi connectivity index (χ1n) is 5.16. The second kappa shape index (κ2) is 4.80. The lowest BCUT2D eigenvalue weighted by Crippen LogP contribution is -2.34. The minimum absolute atomic E-state index is 0.576. The summed E-state index contributed by atoms with van der Waals surface area (Å²) in [5.74, 6) is 0. The van der Waals surface area contributed by atoms with Crippen molar-refractivity contribution in [1.82, 2.24) is 5.32 Å². The van der Waals surface area contributed by atoms with Gasteiger partial charge in [0.25, 0.3) is 0 Å². The summed E-state index contributed by atoms with van der Waals surface area (Å²) in [4.78, 5) is 0. The molecule has 1 fully saturated rings. The van der Waals surface area contributed by atoms with E-state index in [0.717, 1.165) is 38.6 Å². The molecule has 0 aliphatic heterocycles. The Hall–Kier alpha value is -0.110. The van der Waals surface area contributed by atoms with Crippen molar-refractivity contribution in [1.29, 1.82) is 0 Å². The Balaban J connectivity index is 2.05. The molecule has 0 amide bonds. The highest BCUT2D eigenvalue weighted by atomic mass is 19.1. The standard InChI is InChI=1S/C10H20FN/c1-2-3-8-12-9-10(11)6-4-5-7-10/h12H,2-9H2,1H3. The van der Waals surface area contributed by atoms with Gasteiger partial charge < -0.3 is 5.32 Å². The SMILES string of the molecule is CCCCNCC1(F)CCCC1. The van der Waals surface area contributed by atoms with Crippen molar-refractivity contribution in [3.8, 4) is 0 Å². The molecule has 2 heteroatoms. The zero-order valence-corrected chi connectivity index (χ0v) is 8.03. The fourth-order valence-corrected chi connectivity index (χ4v) is 1.80. The summed E-state index contributed by atoms with van der Waals surface area (Å²) in [7, 11) is 0. The Morgan fingerprint density at radius 3 is 2.58 bits per heavy atom. The normalized spacial score (nSPS) is 21.5. The topological polar surface area (TPSA) is 12.0 Å². The van der Waals surface area contributed by atoms with Crippen molar-refractivity contribution in [2.45, 2.75) is 51.1 Å². The van der Waals surface area contributed by atoms with Crippen LogP contribution >= 0.6 is 0 Å². The van der Waals surface area contributed by atoms with Gasteiger partial charge in [0, 0.05) is 6.54 Å². The molecule has 1 rings (SSSR count). The van der Waals surface area contributed by atoms with Gasteiger partial charge >= 0.3 is 0 Å². The lowest BCUT2D eigenvalue weighted by Gasteiger charge is -2.19. The number of nitrogens with one attached hydrogen (secondary N) is 1. The molecule has 12 heavy (non-hydrogen) atoms. The van der Waals surface area contributed by atoms with Crippen LogP contribution in [0.2, 0.25) is 0 Å². The molecule has 0 heterocycles. The largest absolute Gasteiger partial charge is 0.314 e. The molecular weight excluding hydrogens is 153 g/mol. The molecule has 72 valence electrons. The third-order valence-corrected chi connectivity index (χ3v) is 2.65. The molecule has 0 spiro atoms. The van der Waals surface area contributed by atoms with E-state index in [0.29, 0.717) is 6.54 Å². The highest BCUT2D eigenvalue weighted by Crippen LogP contribution is 2.32. The van der Waals surface area contributed by atoms with Crippen molar-refractivity contribution in [3.63, 3.8) is 0 Å². The van der Waals surface area contributed by atoms with Crippen LogP contribution in [0, 0.1) is 0 Å². The number of unbranched alkanes of at least 4 members (excludes halogenated alkanes) is 1. The molecule has 0 aromatic carbocycles. The van der Waals surface area contributed by atoms with Gasteiger partial charge in [-0.05, 0) is 25.8 Å². The summed E-state index contributed by atoms with van der Waals surface area (Å²) in [6, 6.07) is 0. The summed E-state index contributed by atoms with van der Waals surface area (Å²) in [6.45, 7) is 3.71. The van der Waals surface area contributed by atoms with Crippen LogP contribution in [-0.4, -0.2) is 18.8 Å². The van der Waals surface area contributed by atoms with Crippen LogP contribution in [-0.2, 0) is 0 Å². The zero-order valence-electron chi connectivity index (χ0n) is 8.03. The molecule has 0 unspecified atom stereocenters. The first-order valence-corrected chi connectivity index (χ1v) is 5.16. The number of rotatable bonds is 5. The van der Waals surface area contributed by atoms with Crippen LogP contribution in [0.4, 0.5) is 4.39 Å². The summed E-state index contributed by atoms with van der Waals surface area (Å²) in [5.41, 5.74) is -0.867. The smallest absolute Gasteiger partial charge is 0.123 e. The highest BCUT2D eigenvalue weighted by Gasteiger charge is 2.32. The third kappa shape index (κ3) is 3.10. The average molecular weight is 173 g/mol. The average Bonchev–Trinajstić information content (AvgIpc) is 2.47. The highest BCUT2D eigenvalue weighted by molar-refractivity contribution is 4.86. The first-order chi connectivity index (χ1) is 5.77. The van der Waals surface area contributed by atoms with Gasteiger partial charge in [-0.2, -0.15) is 0 Å². The van der Waals surface area contributed by atoms with Crippen LogP contribution in [0.15, 0.2) is 0 Å². The molecule has 1 saturated carbocycles. The quantitative estimate of drug-likeness (QED) is 0.630. The van der Waals surface area contributed by atoms with Crippen LogP contribution in [0.1, 0.15) is 45.4 Å². The molecule has 1 N–H and O–H groups in total. The van der Waals surface area contributed by atoms with Gasteiger partial charge in [0.15, 0.2) is 0 Å². The molecule has 1 aliphatic carbocycles. The van der Waals surface area contributed by atoms with Crippen molar-refractivity contribution in [2.24, 2.45) is 0 Å². The fourth-order valence-electron chi connectivity index (χ4n) is 1.80. The summed E-state index contributed by atoms with van der Waals surface area (Å²) in [6.07, 6.45) is 6.04. The summed E-state index contributed by atoms with van der Waals surface area (Å²) >= 11 is 0. The molecule has 0 aromatic heterocycles. The monoisotopic (exact) mass is 173 g/mol. The molecule has 0 atom stereocenters. The van der Waals surface area contributed by atoms with Crippen molar-refractivity contribution in [3.05, 3.63) is 0 Å². The number of alkyl halides is 1. The van der Waals surface area contributed by atoms with Crippen LogP contribution < -0.4 is 5.32 Å². The van der Waals surface area contributed by atoms with Crippen molar-refractivity contribution < 1.29 is 4.39 Å². The Kier molecular flexibility index (Phi) is 3.99. The summed E-state index contributed by atoms with van der Waals surface area (Å²) < 4.78 is 13.7. The Morgan fingerprint density at radius 2 is 2.00 bits per heavy atom. The predicted molar refractivity (Wildman–Crippen MR) is 50.1 cm³/mol. The number of hydrogen-bond acceptors (Lipinski definition) is 1. The molecule has 0 saturated heterocycles. The third-order valence-electron chi connectivity index (χ3n) is 2.65. The molecular formula is C10H20FN. The molecule has 0 bridgehead atoms. The maximum absolute atomic E-state index is 13.7. The van der Waals surface area contributed by atoms with E-state index in [1.54, 1.807) is 0 Å². The van der Waals surface area contributed by atoms with Gasteiger partial charge in [-0.3, -0.25) is 0 Å². The van der Waals surface area contributed by atoms with E-state index in [-0.39, 0.29) is 0 Å². The second-order valence-corrected chi connectivity index (χ2v) is 3.89. The van der Waals surface area contributed by atoms with Crippen molar-refractivity contribution >= 4 is 0 Å². The molecule has 0 aromatic rings. The molecule has 1 aliphatic rings. The lowest BCUT2D eigenvalue weighted by molar-refractivity contribution is 0.168. The molecule has 0 radical (unpaired) electrons. The summed E-state index contributed by atoms with van der Waals surface area (Å²) in [5, 5.41) is 3.19. The Bertz CT molecular complexity index is 119. The van der Waals surface area contributed by atoms with Crippen molar-refractivity contribution in [2.75, 3.05) is 13.1 Å². The number of hydrogen-bond donors (Lipinski definition) is 1. The van der Waals surface area contributed by atoms with Gasteiger partial charge in [-0.25, -0.2) is 4.39 Å². The van der Waals surface area contributed by atoms with Gasteiger partial charge in [0.2, 0.25) is 0 Å². The van der Waals surface area contributed by atoms with Crippen LogP contribution in [0.3, 0.4) is 0 Å². The maximum Gasteiger partial charge on any atom is 0.123 e. The van der Waals surface area contributed by atoms with E-state index in [1.807, 2.05) is 0 Å². The fraction of sp³-hybridized carbons (Fsp3) is 1.00. The number of halogens is 1. The van der Waals surface area contributed by atoms with E-state index in [1.165, 1.54) is 6.42 Å². The second-order valence-electron chi connectivity index (χ2n) is 3.89. The zero-order chi connectivity index (χ0) is 8.86. The minimum Gasteiger partial charge on any atom is -0.314 e. The first kappa shape index (κ1) is 9.97. The molecule has 1 nitrogen and oxygen atoms in total. The van der Waals surface area contributed by atoms with E-state index in [9.17, 15) is 4.39 Å². The van der Waals surface area contributed by atoms with Crippen LogP contribution in [0.5, 0.6) is 0 Å². The lowest BCUT2D eigenvalue weighted by atomic mass is 10.1. The van der Waals surface area contributed by atoms with E-state index in [2.05, 4.69) is 12.2 Å². The van der Waals surface area contributed by atoms with E-state index in [4.69, 9.17) is 0 Å². The van der Waals surface area contributed by atoms with Gasteiger partial charge in [-0.1, -0.05) is 26.2 Å². The minimum atomic E-state index is -0.867.